The quantitative estimate of drug-likeness (QED) is 0.597. The number of anilines is 1. The van der Waals surface area contributed by atoms with Crippen LogP contribution in [0.25, 0.3) is 0 Å². The van der Waals surface area contributed by atoms with Crippen LogP contribution in [0.5, 0.6) is 5.75 Å². The van der Waals surface area contributed by atoms with Gasteiger partial charge < -0.3 is 10.1 Å². The summed E-state index contributed by atoms with van der Waals surface area (Å²) in [5.74, 6) is 0.115. The van der Waals surface area contributed by atoms with Crippen LogP contribution in [0.2, 0.25) is 0 Å². The monoisotopic (exact) mass is 410 g/mol. The lowest BCUT2D eigenvalue weighted by Gasteiger charge is -2.19. The molecular formula is C22H22N2O4S. The number of para-hydroxylation sites is 1. The van der Waals surface area contributed by atoms with Gasteiger partial charge >= 0.3 is 0 Å². The van der Waals surface area contributed by atoms with Gasteiger partial charge in [0, 0.05) is 5.69 Å². The number of rotatable bonds is 8. The highest BCUT2D eigenvalue weighted by molar-refractivity contribution is 7.89. The number of methoxy groups -OCH3 is 1. The van der Waals surface area contributed by atoms with E-state index in [4.69, 9.17) is 4.74 Å². The number of hydrogen-bond donors (Lipinski definition) is 2. The molecule has 0 spiro atoms. The van der Waals surface area contributed by atoms with Gasteiger partial charge in [0.2, 0.25) is 15.9 Å². The zero-order chi connectivity index (χ0) is 20.7. The van der Waals surface area contributed by atoms with Gasteiger partial charge in [0.25, 0.3) is 0 Å². The summed E-state index contributed by atoms with van der Waals surface area (Å²) in [7, 11) is -2.40. The molecule has 0 aromatic heterocycles. The van der Waals surface area contributed by atoms with E-state index in [2.05, 4.69) is 10.0 Å². The van der Waals surface area contributed by atoms with Crippen molar-refractivity contribution in [3.8, 4) is 5.75 Å². The van der Waals surface area contributed by atoms with Gasteiger partial charge in [0.1, 0.15) is 11.8 Å². The second-order valence-electron chi connectivity index (χ2n) is 6.39. The number of hydrogen-bond acceptors (Lipinski definition) is 4. The van der Waals surface area contributed by atoms with Crippen LogP contribution in [-0.2, 0) is 21.2 Å². The molecule has 3 rings (SSSR count). The zero-order valence-electron chi connectivity index (χ0n) is 15.9. The van der Waals surface area contributed by atoms with Gasteiger partial charge in [0.15, 0.2) is 0 Å². The molecule has 2 N–H and O–H groups in total. The molecule has 3 aromatic rings. The van der Waals surface area contributed by atoms with Crippen molar-refractivity contribution < 1.29 is 17.9 Å². The Morgan fingerprint density at radius 2 is 1.48 bits per heavy atom. The fourth-order valence-corrected chi connectivity index (χ4v) is 3.99. The van der Waals surface area contributed by atoms with Gasteiger partial charge in [-0.05, 0) is 48.4 Å². The molecule has 0 heterocycles. The van der Waals surface area contributed by atoms with E-state index in [9.17, 15) is 13.2 Å². The minimum absolute atomic E-state index is 0.0591. The van der Waals surface area contributed by atoms with Crippen LogP contribution >= 0.6 is 0 Å². The van der Waals surface area contributed by atoms with Crippen molar-refractivity contribution in [1.29, 1.82) is 0 Å². The number of carbonyl (C=O) groups excluding carboxylic acids is 1. The van der Waals surface area contributed by atoms with Gasteiger partial charge in [-0.25, -0.2) is 8.42 Å². The normalized spacial score (nSPS) is 12.2. The van der Waals surface area contributed by atoms with Crippen LogP contribution in [0, 0.1) is 0 Å². The molecule has 0 fully saturated rings. The first-order valence-electron chi connectivity index (χ1n) is 9.04. The molecule has 0 radical (unpaired) electrons. The third-order valence-corrected chi connectivity index (χ3v) is 5.80. The van der Waals surface area contributed by atoms with Gasteiger partial charge in [-0.3, -0.25) is 4.79 Å². The molecule has 0 bridgehead atoms. The molecule has 0 aliphatic heterocycles. The molecule has 6 nitrogen and oxygen atoms in total. The van der Waals surface area contributed by atoms with E-state index >= 15 is 0 Å². The van der Waals surface area contributed by atoms with E-state index < -0.39 is 22.0 Å². The zero-order valence-corrected chi connectivity index (χ0v) is 16.7. The Morgan fingerprint density at radius 1 is 0.897 bits per heavy atom. The van der Waals surface area contributed by atoms with Crippen molar-refractivity contribution in [2.24, 2.45) is 0 Å². The fourth-order valence-electron chi connectivity index (χ4n) is 2.80. The van der Waals surface area contributed by atoms with Crippen molar-refractivity contribution in [3.05, 3.63) is 90.5 Å². The lowest BCUT2D eigenvalue weighted by molar-refractivity contribution is -0.117. The van der Waals surface area contributed by atoms with E-state index in [1.807, 2.05) is 36.4 Å². The van der Waals surface area contributed by atoms with Crippen molar-refractivity contribution in [2.75, 3.05) is 12.4 Å². The summed E-state index contributed by atoms with van der Waals surface area (Å²) in [4.78, 5) is 12.9. The number of benzene rings is 3. The molecule has 29 heavy (non-hydrogen) atoms. The van der Waals surface area contributed by atoms with Crippen LogP contribution in [-0.4, -0.2) is 27.5 Å². The van der Waals surface area contributed by atoms with Gasteiger partial charge in [-0.1, -0.05) is 48.5 Å². The lowest BCUT2D eigenvalue weighted by atomic mass is 10.1. The maximum Gasteiger partial charge on any atom is 0.242 e. The van der Waals surface area contributed by atoms with Crippen LogP contribution in [0.15, 0.2) is 89.8 Å². The molecule has 7 heteroatoms. The molecule has 0 aliphatic carbocycles. The number of amides is 1. The summed E-state index contributed by atoms with van der Waals surface area (Å²) in [6, 6.07) is 23.2. The third-order valence-electron chi connectivity index (χ3n) is 4.31. The number of nitrogens with one attached hydrogen (secondary N) is 2. The highest BCUT2D eigenvalue weighted by Crippen LogP contribution is 2.17. The fraction of sp³-hybridized carbons (Fsp3) is 0.136. The smallest absolute Gasteiger partial charge is 0.242 e. The second kappa shape index (κ2) is 9.36. The van der Waals surface area contributed by atoms with Crippen molar-refractivity contribution in [1.82, 2.24) is 4.72 Å². The molecule has 1 atom stereocenters. The predicted molar refractivity (Wildman–Crippen MR) is 112 cm³/mol. The number of carbonyl (C=O) groups is 1. The van der Waals surface area contributed by atoms with Crippen molar-refractivity contribution >= 4 is 21.6 Å². The van der Waals surface area contributed by atoms with Gasteiger partial charge in [-0.2, -0.15) is 4.72 Å². The summed E-state index contributed by atoms with van der Waals surface area (Å²) in [6.07, 6.45) is 0.217. The van der Waals surface area contributed by atoms with Crippen LogP contribution in [0.4, 0.5) is 5.69 Å². The Morgan fingerprint density at radius 3 is 2.07 bits per heavy atom. The predicted octanol–water partition coefficient (Wildman–Crippen LogP) is 3.22. The first-order valence-corrected chi connectivity index (χ1v) is 10.5. The molecule has 150 valence electrons. The van der Waals surface area contributed by atoms with Gasteiger partial charge in [0.05, 0.1) is 12.0 Å². The topological polar surface area (TPSA) is 84.5 Å². The van der Waals surface area contributed by atoms with E-state index in [0.29, 0.717) is 11.4 Å². The first kappa shape index (κ1) is 20.6. The van der Waals surface area contributed by atoms with E-state index in [1.165, 1.54) is 19.2 Å². The van der Waals surface area contributed by atoms with Crippen LogP contribution in [0.1, 0.15) is 5.56 Å². The van der Waals surface area contributed by atoms with E-state index in [-0.39, 0.29) is 11.3 Å². The second-order valence-corrected chi connectivity index (χ2v) is 8.11. The van der Waals surface area contributed by atoms with Crippen LogP contribution < -0.4 is 14.8 Å². The lowest BCUT2D eigenvalue weighted by Crippen LogP contribution is -2.45. The molecule has 1 unspecified atom stereocenters. The molecule has 3 aromatic carbocycles. The molecule has 0 saturated carbocycles. The molecular weight excluding hydrogens is 388 g/mol. The highest BCUT2D eigenvalue weighted by Gasteiger charge is 2.26. The summed E-state index contributed by atoms with van der Waals surface area (Å²) in [5, 5.41) is 2.77. The average molecular weight is 410 g/mol. The molecule has 1 amide bonds. The Bertz CT molecular complexity index is 1040. The first-order chi connectivity index (χ1) is 14.0. The molecule has 0 aliphatic rings. The standard InChI is InChI=1S/C22H22N2O4S/c1-28-19-12-14-20(15-13-19)29(26,27)24-21(16-17-8-4-2-5-9-17)22(25)23-18-10-6-3-7-11-18/h2-15,21,24H,16H2,1H3,(H,23,25). The van der Waals surface area contributed by atoms with Crippen molar-refractivity contribution in [2.45, 2.75) is 17.4 Å². The maximum absolute atomic E-state index is 12.9. The average Bonchev–Trinajstić information content (AvgIpc) is 2.74. The molecule has 0 saturated heterocycles. The highest BCUT2D eigenvalue weighted by atomic mass is 32.2. The Labute approximate surface area is 170 Å². The Balaban J connectivity index is 1.84. The summed E-state index contributed by atoms with van der Waals surface area (Å²) in [5.41, 5.74) is 1.44. The number of ether oxygens (including phenoxy) is 1. The minimum atomic E-state index is -3.91. The minimum Gasteiger partial charge on any atom is -0.497 e. The Hall–Kier alpha value is -3.16. The van der Waals surface area contributed by atoms with E-state index in [1.54, 1.807) is 36.4 Å². The summed E-state index contributed by atoms with van der Waals surface area (Å²) < 4.78 is 33.3. The van der Waals surface area contributed by atoms with Gasteiger partial charge in [-0.15, -0.1) is 0 Å². The largest absolute Gasteiger partial charge is 0.497 e. The summed E-state index contributed by atoms with van der Waals surface area (Å²) in [6.45, 7) is 0. The Kier molecular flexibility index (Phi) is 6.64. The maximum atomic E-state index is 12.9. The third kappa shape index (κ3) is 5.66. The summed E-state index contributed by atoms with van der Waals surface area (Å²) >= 11 is 0. The van der Waals surface area contributed by atoms with E-state index in [0.717, 1.165) is 5.56 Å². The van der Waals surface area contributed by atoms with Crippen molar-refractivity contribution in [3.63, 3.8) is 0 Å². The number of sulfonamides is 1. The van der Waals surface area contributed by atoms with Crippen LogP contribution in [0.3, 0.4) is 0 Å². The SMILES string of the molecule is COc1ccc(S(=O)(=O)NC(Cc2ccccc2)C(=O)Nc2ccccc2)cc1.